The summed E-state index contributed by atoms with van der Waals surface area (Å²) in [4.78, 5) is 33.4. The molecule has 4 aromatic rings. The molecule has 186 valence electrons. The van der Waals surface area contributed by atoms with Crippen molar-refractivity contribution in [3.05, 3.63) is 77.7 Å². The number of carbonyl (C=O) groups excluding carboxylic acids is 2. The van der Waals surface area contributed by atoms with Crippen LogP contribution >= 0.6 is 11.3 Å². The van der Waals surface area contributed by atoms with Gasteiger partial charge in [-0.15, -0.1) is 11.3 Å². The first kappa shape index (κ1) is 25.2. The number of nitrogens with zero attached hydrogens (tertiary/aromatic N) is 3. The standard InChI is InChI=1S/C24H24N6O4S2/c1-25-12-20-11-17(6-8-26-20)16-4-3-5-18(10-16)21-15-35-24(28-21)29-22(31)13-27-23(32)19-7-9-30(14-19)36(2,33)34/h3-11,14-15,25H,12-13H2,1-2H3,(H,27,32)(H,28,29,31). The zero-order chi connectivity index (χ0) is 25.7. The Morgan fingerprint density at radius 1 is 1.08 bits per heavy atom. The number of carbonyl (C=O) groups is 2. The van der Waals surface area contributed by atoms with Gasteiger partial charge in [0, 0.05) is 36.1 Å². The van der Waals surface area contributed by atoms with Crippen molar-refractivity contribution in [1.82, 2.24) is 24.6 Å². The number of rotatable bonds is 9. The van der Waals surface area contributed by atoms with E-state index in [-0.39, 0.29) is 12.1 Å². The Morgan fingerprint density at radius 2 is 1.86 bits per heavy atom. The van der Waals surface area contributed by atoms with Gasteiger partial charge in [-0.3, -0.25) is 18.5 Å². The van der Waals surface area contributed by atoms with Crippen molar-refractivity contribution in [1.29, 1.82) is 0 Å². The van der Waals surface area contributed by atoms with Gasteiger partial charge in [-0.05, 0) is 42.4 Å². The maximum atomic E-state index is 12.3. The second kappa shape index (κ2) is 10.8. The van der Waals surface area contributed by atoms with Crippen molar-refractivity contribution in [3.63, 3.8) is 0 Å². The Hall–Kier alpha value is -3.87. The molecule has 1 aromatic carbocycles. The van der Waals surface area contributed by atoms with Gasteiger partial charge in [0.1, 0.15) is 0 Å². The third-order valence-electron chi connectivity index (χ3n) is 5.14. The van der Waals surface area contributed by atoms with Gasteiger partial charge in [0.15, 0.2) is 5.13 Å². The van der Waals surface area contributed by atoms with Crippen LogP contribution in [0.25, 0.3) is 22.4 Å². The minimum Gasteiger partial charge on any atom is -0.343 e. The van der Waals surface area contributed by atoms with Crippen LogP contribution in [0.4, 0.5) is 5.13 Å². The Morgan fingerprint density at radius 3 is 2.61 bits per heavy atom. The fourth-order valence-corrected chi connectivity index (χ4v) is 4.72. The topological polar surface area (TPSA) is 135 Å². The zero-order valence-electron chi connectivity index (χ0n) is 19.6. The Balaban J connectivity index is 1.38. The number of anilines is 1. The Labute approximate surface area is 212 Å². The largest absolute Gasteiger partial charge is 0.343 e. The molecule has 0 spiro atoms. The van der Waals surface area contributed by atoms with E-state index in [4.69, 9.17) is 0 Å². The van der Waals surface area contributed by atoms with E-state index in [2.05, 4.69) is 25.9 Å². The number of amides is 2. The second-order valence-corrected chi connectivity index (χ2v) is 10.7. The van der Waals surface area contributed by atoms with Gasteiger partial charge >= 0.3 is 0 Å². The van der Waals surface area contributed by atoms with Gasteiger partial charge in [0.05, 0.1) is 29.8 Å². The van der Waals surface area contributed by atoms with Gasteiger partial charge in [-0.25, -0.2) is 13.4 Å². The average Bonchev–Trinajstić information content (AvgIpc) is 3.53. The zero-order valence-corrected chi connectivity index (χ0v) is 21.2. The molecule has 0 fully saturated rings. The van der Waals surface area contributed by atoms with Crippen molar-refractivity contribution in [2.24, 2.45) is 0 Å². The van der Waals surface area contributed by atoms with E-state index in [1.807, 2.05) is 48.8 Å². The lowest BCUT2D eigenvalue weighted by molar-refractivity contribution is -0.115. The molecule has 0 bridgehead atoms. The van der Waals surface area contributed by atoms with Crippen LogP contribution in [-0.4, -0.2) is 54.0 Å². The molecule has 0 saturated carbocycles. The van der Waals surface area contributed by atoms with Crippen molar-refractivity contribution in [2.75, 3.05) is 25.2 Å². The van der Waals surface area contributed by atoms with Crippen LogP contribution in [0.15, 0.2) is 66.4 Å². The summed E-state index contributed by atoms with van der Waals surface area (Å²) in [7, 11) is -1.61. The molecule has 0 unspecified atom stereocenters. The Kier molecular flexibility index (Phi) is 7.58. The average molecular weight is 525 g/mol. The quantitative estimate of drug-likeness (QED) is 0.306. The molecule has 10 nitrogen and oxygen atoms in total. The fourth-order valence-electron chi connectivity index (χ4n) is 3.40. The number of hydrogen-bond acceptors (Lipinski definition) is 8. The minimum atomic E-state index is -3.49. The van der Waals surface area contributed by atoms with E-state index in [1.54, 1.807) is 6.20 Å². The molecule has 3 aromatic heterocycles. The molecule has 0 aliphatic rings. The Bertz CT molecular complexity index is 1510. The molecule has 0 aliphatic carbocycles. The lowest BCUT2D eigenvalue weighted by atomic mass is 10.0. The molecule has 0 atom stereocenters. The third-order valence-corrected chi connectivity index (χ3v) is 6.89. The van der Waals surface area contributed by atoms with Crippen molar-refractivity contribution in [2.45, 2.75) is 6.54 Å². The predicted molar refractivity (Wildman–Crippen MR) is 139 cm³/mol. The van der Waals surface area contributed by atoms with E-state index in [1.165, 1.54) is 29.8 Å². The molecule has 3 heterocycles. The fraction of sp³-hybridized carbons (Fsp3) is 0.167. The number of hydrogen-bond donors (Lipinski definition) is 3. The third kappa shape index (κ3) is 6.22. The summed E-state index contributed by atoms with van der Waals surface area (Å²) in [6.07, 6.45) is 5.27. The lowest BCUT2D eigenvalue weighted by Gasteiger charge is -2.06. The predicted octanol–water partition coefficient (Wildman–Crippen LogP) is 2.57. The molecular formula is C24H24N6O4S2. The SMILES string of the molecule is CNCc1cc(-c2cccc(-c3csc(NC(=O)CNC(=O)c4ccn(S(C)(=O)=O)c4)n3)c2)ccn1. The van der Waals surface area contributed by atoms with Gasteiger partial charge in [0.2, 0.25) is 15.9 Å². The number of benzene rings is 1. The first-order valence-electron chi connectivity index (χ1n) is 10.9. The number of thiazole rings is 1. The molecular weight excluding hydrogens is 500 g/mol. The van der Waals surface area contributed by atoms with Gasteiger partial charge in [-0.2, -0.15) is 0 Å². The van der Waals surface area contributed by atoms with Crippen LogP contribution in [0.5, 0.6) is 0 Å². The molecule has 0 aliphatic heterocycles. The molecule has 2 amide bonds. The lowest BCUT2D eigenvalue weighted by Crippen LogP contribution is -2.32. The normalized spacial score (nSPS) is 11.3. The number of pyridine rings is 1. The van der Waals surface area contributed by atoms with Crippen LogP contribution in [0.2, 0.25) is 0 Å². The van der Waals surface area contributed by atoms with E-state index < -0.39 is 21.8 Å². The van der Waals surface area contributed by atoms with Crippen LogP contribution in [0, 0.1) is 0 Å². The monoisotopic (exact) mass is 524 g/mol. The smallest absolute Gasteiger partial charge is 0.253 e. The molecule has 0 saturated heterocycles. The van der Waals surface area contributed by atoms with Crippen LogP contribution in [-0.2, 0) is 21.4 Å². The summed E-state index contributed by atoms with van der Waals surface area (Å²) >= 11 is 1.28. The number of aromatic nitrogens is 3. The van der Waals surface area contributed by atoms with Gasteiger partial charge in [-0.1, -0.05) is 18.2 Å². The molecule has 3 N–H and O–H groups in total. The maximum absolute atomic E-state index is 12.3. The van der Waals surface area contributed by atoms with Crippen LogP contribution in [0.3, 0.4) is 0 Å². The highest BCUT2D eigenvalue weighted by molar-refractivity contribution is 7.89. The summed E-state index contributed by atoms with van der Waals surface area (Å²) in [5.41, 5.74) is 4.77. The van der Waals surface area contributed by atoms with Crippen LogP contribution < -0.4 is 16.0 Å². The number of nitrogens with one attached hydrogen (secondary N) is 3. The van der Waals surface area contributed by atoms with E-state index >= 15 is 0 Å². The summed E-state index contributed by atoms with van der Waals surface area (Å²) in [5, 5.41) is 10.5. The minimum absolute atomic E-state index is 0.136. The molecule has 0 radical (unpaired) electrons. The second-order valence-electron chi connectivity index (χ2n) is 7.91. The van der Waals surface area contributed by atoms with E-state index in [0.717, 1.165) is 32.6 Å². The van der Waals surface area contributed by atoms with E-state index in [9.17, 15) is 18.0 Å². The van der Waals surface area contributed by atoms with Crippen molar-refractivity contribution < 1.29 is 18.0 Å². The van der Waals surface area contributed by atoms with E-state index in [0.29, 0.717) is 17.4 Å². The van der Waals surface area contributed by atoms with Gasteiger partial charge < -0.3 is 16.0 Å². The maximum Gasteiger partial charge on any atom is 0.253 e. The highest BCUT2D eigenvalue weighted by Crippen LogP contribution is 2.29. The highest BCUT2D eigenvalue weighted by Gasteiger charge is 2.14. The van der Waals surface area contributed by atoms with Crippen molar-refractivity contribution >= 4 is 38.3 Å². The van der Waals surface area contributed by atoms with Crippen LogP contribution in [0.1, 0.15) is 16.1 Å². The molecule has 4 rings (SSSR count). The first-order chi connectivity index (χ1) is 17.2. The summed E-state index contributed by atoms with van der Waals surface area (Å²) in [5.74, 6) is -1.01. The first-order valence-corrected chi connectivity index (χ1v) is 13.6. The van der Waals surface area contributed by atoms with Crippen molar-refractivity contribution in [3.8, 4) is 22.4 Å². The summed E-state index contributed by atoms with van der Waals surface area (Å²) in [6.45, 7) is 0.390. The molecule has 12 heteroatoms. The summed E-state index contributed by atoms with van der Waals surface area (Å²) in [6, 6.07) is 13.3. The summed E-state index contributed by atoms with van der Waals surface area (Å²) < 4.78 is 24.0. The molecule has 36 heavy (non-hydrogen) atoms. The highest BCUT2D eigenvalue weighted by atomic mass is 32.2. The van der Waals surface area contributed by atoms with Gasteiger partial charge in [0.25, 0.3) is 5.91 Å².